The topological polar surface area (TPSA) is 39.7 Å². The summed E-state index contributed by atoms with van der Waals surface area (Å²) in [6, 6.07) is 0. The molecule has 4 nitrogen and oxygen atoms in total. The Bertz CT molecular complexity index is 263. The van der Waals surface area contributed by atoms with E-state index in [-0.39, 0.29) is 24.0 Å². The molecule has 120 valence electrons. The molecule has 2 N–H and O–H groups in total. The van der Waals surface area contributed by atoms with Crippen LogP contribution in [0.5, 0.6) is 0 Å². The van der Waals surface area contributed by atoms with Crippen molar-refractivity contribution < 1.29 is 0 Å². The summed E-state index contributed by atoms with van der Waals surface area (Å²) in [5.74, 6) is 2.34. The molecule has 1 atom stereocenters. The third kappa shape index (κ3) is 9.00. The number of hydrogen-bond acceptors (Lipinski definition) is 2. The van der Waals surface area contributed by atoms with Gasteiger partial charge in [0, 0.05) is 26.7 Å². The van der Waals surface area contributed by atoms with Gasteiger partial charge in [0.05, 0.1) is 0 Å². The van der Waals surface area contributed by atoms with Crippen LogP contribution in [0.15, 0.2) is 4.99 Å². The maximum absolute atomic E-state index is 4.27. The van der Waals surface area contributed by atoms with Gasteiger partial charge in [-0.25, -0.2) is 0 Å². The van der Waals surface area contributed by atoms with Crippen molar-refractivity contribution in [3.05, 3.63) is 0 Å². The molecule has 0 aromatic carbocycles. The van der Waals surface area contributed by atoms with Gasteiger partial charge < -0.3 is 15.5 Å². The summed E-state index contributed by atoms with van der Waals surface area (Å²) in [6.07, 6.45) is 3.93. The molecule has 1 unspecified atom stereocenters. The number of hydrogen-bond donors (Lipinski definition) is 2. The molecule has 1 rings (SSSR count). The second-order valence-electron chi connectivity index (χ2n) is 6.18. The monoisotopic (exact) mass is 396 g/mol. The van der Waals surface area contributed by atoms with E-state index in [1.54, 1.807) is 0 Å². The third-order valence-electron chi connectivity index (χ3n) is 3.62. The van der Waals surface area contributed by atoms with Gasteiger partial charge in [0.1, 0.15) is 0 Å². The van der Waals surface area contributed by atoms with Crippen molar-refractivity contribution in [1.82, 2.24) is 15.5 Å². The van der Waals surface area contributed by atoms with Gasteiger partial charge in [-0.3, -0.25) is 4.99 Å². The van der Waals surface area contributed by atoms with Crippen molar-refractivity contribution in [2.24, 2.45) is 16.8 Å². The second-order valence-corrected chi connectivity index (χ2v) is 6.18. The van der Waals surface area contributed by atoms with Crippen molar-refractivity contribution in [1.29, 1.82) is 0 Å². The Morgan fingerprint density at radius 3 is 2.35 bits per heavy atom. The summed E-state index contributed by atoms with van der Waals surface area (Å²) in [5.41, 5.74) is 0. The molecular formula is C15H33IN4. The summed E-state index contributed by atoms with van der Waals surface area (Å²) in [4.78, 5) is 6.84. The second kappa shape index (κ2) is 11.6. The van der Waals surface area contributed by atoms with E-state index >= 15 is 0 Å². The highest BCUT2D eigenvalue weighted by Crippen LogP contribution is 2.09. The molecular weight excluding hydrogens is 363 g/mol. The smallest absolute Gasteiger partial charge is 0.190 e. The van der Waals surface area contributed by atoms with Gasteiger partial charge in [0.15, 0.2) is 5.96 Å². The van der Waals surface area contributed by atoms with Crippen LogP contribution in [0.2, 0.25) is 0 Å². The quantitative estimate of drug-likeness (QED) is 0.395. The predicted octanol–water partition coefficient (Wildman–Crippen LogP) is 2.55. The van der Waals surface area contributed by atoms with E-state index in [1.165, 1.54) is 38.9 Å². The fourth-order valence-corrected chi connectivity index (χ4v) is 2.44. The van der Waals surface area contributed by atoms with E-state index in [4.69, 9.17) is 0 Å². The van der Waals surface area contributed by atoms with Crippen molar-refractivity contribution >= 4 is 29.9 Å². The van der Waals surface area contributed by atoms with E-state index in [9.17, 15) is 0 Å². The molecule has 0 aliphatic carbocycles. The van der Waals surface area contributed by atoms with E-state index in [0.717, 1.165) is 25.0 Å². The SMILES string of the molecule is CN=C(NCCC(C)C)NCC(C)CN1CCCC1.I. The number of nitrogens with zero attached hydrogens (tertiary/aromatic N) is 2. The molecule has 1 aliphatic rings. The third-order valence-corrected chi connectivity index (χ3v) is 3.62. The molecule has 0 bridgehead atoms. The fourth-order valence-electron chi connectivity index (χ4n) is 2.44. The molecule has 0 radical (unpaired) electrons. The Hall–Kier alpha value is -0.0400. The highest BCUT2D eigenvalue weighted by molar-refractivity contribution is 14.0. The van der Waals surface area contributed by atoms with Crippen molar-refractivity contribution in [3.8, 4) is 0 Å². The van der Waals surface area contributed by atoms with Crippen LogP contribution in [0.3, 0.4) is 0 Å². The van der Waals surface area contributed by atoms with Crippen LogP contribution in [0.4, 0.5) is 0 Å². The minimum absolute atomic E-state index is 0. The molecule has 0 saturated carbocycles. The zero-order valence-corrected chi connectivity index (χ0v) is 15.9. The van der Waals surface area contributed by atoms with Gasteiger partial charge in [-0.15, -0.1) is 24.0 Å². The average Bonchev–Trinajstić information content (AvgIpc) is 2.85. The van der Waals surface area contributed by atoms with Gasteiger partial charge in [0.2, 0.25) is 0 Å². The van der Waals surface area contributed by atoms with Gasteiger partial charge in [-0.1, -0.05) is 20.8 Å². The van der Waals surface area contributed by atoms with E-state index < -0.39 is 0 Å². The molecule has 0 spiro atoms. The minimum atomic E-state index is 0. The molecule has 5 heteroatoms. The average molecular weight is 396 g/mol. The standard InChI is InChI=1S/C15H32N4.HI/c1-13(2)7-8-17-15(16-4)18-11-14(3)12-19-9-5-6-10-19;/h13-14H,5-12H2,1-4H3,(H2,16,17,18);1H. The number of guanidine groups is 1. The molecule has 0 aromatic heterocycles. The Kier molecular flexibility index (Phi) is 11.6. The number of nitrogens with one attached hydrogen (secondary N) is 2. The highest BCUT2D eigenvalue weighted by Gasteiger charge is 2.14. The summed E-state index contributed by atoms with van der Waals surface area (Å²) >= 11 is 0. The molecule has 1 saturated heterocycles. The Balaban J connectivity index is 0.00000361. The molecule has 0 amide bonds. The number of rotatable bonds is 7. The lowest BCUT2D eigenvalue weighted by Crippen LogP contribution is -2.41. The number of likely N-dealkylation sites (tertiary alicyclic amines) is 1. The van der Waals surface area contributed by atoms with Crippen LogP contribution in [0, 0.1) is 11.8 Å². The lowest BCUT2D eigenvalue weighted by Gasteiger charge is -2.21. The van der Waals surface area contributed by atoms with E-state index in [1.807, 2.05) is 7.05 Å². The van der Waals surface area contributed by atoms with Crippen molar-refractivity contribution in [3.63, 3.8) is 0 Å². The van der Waals surface area contributed by atoms with Crippen LogP contribution in [-0.4, -0.2) is 50.6 Å². The number of aliphatic imine (C=N–C) groups is 1. The van der Waals surface area contributed by atoms with Crippen molar-refractivity contribution in [2.75, 3.05) is 39.8 Å². The molecule has 0 aromatic rings. The zero-order valence-electron chi connectivity index (χ0n) is 13.6. The zero-order chi connectivity index (χ0) is 14.1. The Morgan fingerprint density at radius 1 is 1.15 bits per heavy atom. The molecule has 1 heterocycles. The van der Waals surface area contributed by atoms with Crippen LogP contribution < -0.4 is 10.6 Å². The predicted molar refractivity (Wildman–Crippen MR) is 99.1 cm³/mol. The van der Waals surface area contributed by atoms with E-state index in [0.29, 0.717) is 5.92 Å². The highest BCUT2D eigenvalue weighted by atomic mass is 127. The van der Waals surface area contributed by atoms with Crippen LogP contribution >= 0.6 is 24.0 Å². The Morgan fingerprint density at radius 2 is 1.80 bits per heavy atom. The molecule has 20 heavy (non-hydrogen) atoms. The summed E-state index contributed by atoms with van der Waals surface area (Å²) < 4.78 is 0. The first-order valence-electron chi connectivity index (χ1n) is 7.78. The van der Waals surface area contributed by atoms with Gasteiger partial charge in [0.25, 0.3) is 0 Å². The number of halogens is 1. The maximum Gasteiger partial charge on any atom is 0.190 e. The Labute approximate surface area is 142 Å². The maximum atomic E-state index is 4.27. The first-order valence-corrected chi connectivity index (χ1v) is 7.78. The summed E-state index contributed by atoms with van der Waals surface area (Å²) in [6.45, 7) is 12.6. The largest absolute Gasteiger partial charge is 0.356 e. The van der Waals surface area contributed by atoms with Gasteiger partial charge in [-0.2, -0.15) is 0 Å². The van der Waals surface area contributed by atoms with Crippen LogP contribution in [0.1, 0.15) is 40.0 Å². The first-order chi connectivity index (χ1) is 9.11. The lowest BCUT2D eigenvalue weighted by atomic mass is 10.1. The van der Waals surface area contributed by atoms with Crippen molar-refractivity contribution in [2.45, 2.75) is 40.0 Å². The summed E-state index contributed by atoms with van der Waals surface area (Å²) in [5, 5.41) is 6.80. The van der Waals surface area contributed by atoms with Crippen LogP contribution in [0.25, 0.3) is 0 Å². The first kappa shape index (κ1) is 20.0. The van der Waals surface area contributed by atoms with Crippen LogP contribution in [-0.2, 0) is 0 Å². The minimum Gasteiger partial charge on any atom is -0.356 e. The van der Waals surface area contributed by atoms with Gasteiger partial charge in [-0.05, 0) is 44.2 Å². The van der Waals surface area contributed by atoms with Gasteiger partial charge >= 0.3 is 0 Å². The fraction of sp³-hybridized carbons (Fsp3) is 0.933. The summed E-state index contributed by atoms with van der Waals surface area (Å²) in [7, 11) is 1.84. The molecule has 1 aliphatic heterocycles. The molecule has 1 fully saturated rings. The normalized spacial score (nSPS) is 17.9. The lowest BCUT2D eigenvalue weighted by molar-refractivity contribution is 0.287. The van der Waals surface area contributed by atoms with E-state index in [2.05, 4.69) is 41.3 Å².